The molecule has 2 atom stereocenters. The summed E-state index contributed by atoms with van der Waals surface area (Å²) in [7, 11) is 0. The van der Waals surface area contributed by atoms with E-state index in [9.17, 15) is 19.7 Å². The average Bonchev–Trinajstić information content (AvgIpc) is 2.98. The van der Waals surface area contributed by atoms with Crippen molar-refractivity contribution >= 4 is 30.4 Å². The lowest BCUT2D eigenvalue weighted by Crippen LogP contribution is -2.38. The predicted molar refractivity (Wildman–Crippen MR) is 101 cm³/mol. The van der Waals surface area contributed by atoms with Gasteiger partial charge >= 0.3 is 12.1 Å². The second-order valence-electron chi connectivity index (χ2n) is 7.27. The number of carbonyl (C=O) groups is 2. The first-order valence-electron chi connectivity index (χ1n) is 8.68. The number of ether oxygens (including phenoxy) is 2. The van der Waals surface area contributed by atoms with Gasteiger partial charge in [0.05, 0.1) is 23.5 Å². The molecule has 0 spiro atoms. The van der Waals surface area contributed by atoms with Gasteiger partial charge in [-0.05, 0) is 45.7 Å². The summed E-state index contributed by atoms with van der Waals surface area (Å²) >= 11 is 4.39. The minimum atomic E-state index is -0.744. The summed E-state index contributed by atoms with van der Waals surface area (Å²) in [4.78, 5) is 37.7. The number of benzene rings is 1. The number of likely N-dealkylation sites (tertiary alicyclic amines) is 1. The van der Waals surface area contributed by atoms with Crippen LogP contribution in [0.15, 0.2) is 23.1 Å². The number of esters is 1. The summed E-state index contributed by atoms with van der Waals surface area (Å²) in [5, 5.41) is 11.2. The van der Waals surface area contributed by atoms with Crippen LogP contribution in [0.5, 0.6) is 0 Å². The standard InChI is InChI=1S/C18H24N2O6S/c1-5-25-16(21)12-8-9-19(17(22)26-18(2,3)4)15(12)13-10-11(20(23)24)6-7-14(13)27/h6-7,10,12,15,27H,5,8-9H2,1-4H3/t12-,15?/m0/s1. The summed E-state index contributed by atoms with van der Waals surface area (Å²) < 4.78 is 10.6. The minimum absolute atomic E-state index is 0.138. The van der Waals surface area contributed by atoms with E-state index in [1.807, 2.05) is 0 Å². The Balaban J connectivity index is 2.48. The van der Waals surface area contributed by atoms with Crippen LogP contribution in [0.2, 0.25) is 0 Å². The third kappa shape index (κ3) is 4.91. The van der Waals surface area contributed by atoms with Crippen LogP contribution in [0, 0.1) is 16.0 Å². The number of amides is 1. The second kappa shape index (κ2) is 8.16. The molecule has 0 saturated carbocycles. The van der Waals surface area contributed by atoms with Crippen molar-refractivity contribution in [1.82, 2.24) is 4.90 Å². The molecule has 8 nitrogen and oxygen atoms in total. The number of non-ortho nitro benzene ring substituents is 1. The van der Waals surface area contributed by atoms with Crippen LogP contribution in [0.4, 0.5) is 10.5 Å². The van der Waals surface area contributed by atoms with E-state index in [0.29, 0.717) is 16.9 Å². The highest BCUT2D eigenvalue weighted by Crippen LogP contribution is 2.42. The van der Waals surface area contributed by atoms with Crippen molar-refractivity contribution in [3.8, 4) is 0 Å². The van der Waals surface area contributed by atoms with Crippen LogP contribution in [0.1, 0.15) is 45.7 Å². The molecule has 0 radical (unpaired) electrons. The highest BCUT2D eigenvalue weighted by molar-refractivity contribution is 7.80. The van der Waals surface area contributed by atoms with Gasteiger partial charge in [-0.2, -0.15) is 0 Å². The third-order valence-corrected chi connectivity index (χ3v) is 4.56. The maximum absolute atomic E-state index is 12.7. The van der Waals surface area contributed by atoms with E-state index in [2.05, 4.69) is 12.6 Å². The van der Waals surface area contributed by atoms with E-state index in [0.717, 1.165) is 0 Å². The number of carbonyl (C=O) groups excluding carboxylic acids is 2. The second-order valence-corrected chi connectivity index (χ2v) is 7.75. The molecule has 1 heterocycles. The molecule has 1 aliphatic heterocycles. The van der Waals surface area contributed by atoms with Crippen LogP contribution < -0.4 is 0 Å². The summed E-state index contributed by atoms with van der Waals surface area (Å²) in [5.74, 6) is -1.10. The molecule has 1 unspecified atom stereocenters. The molecule has 9 heteroatoms. The molecule has 0 aliphatic carbocycles. The van der Waals surface area contributed by atoms with E-state index < -0.39 is 34.5 Å². The van der Waals surface area contributed by atoms with Crippen molar-refractivity contribution in [2.24, 2.45) is 5.92 Å². The first kappa shape index (κ1) is 21.0. The number of rotatable bonds is 4. The Kier molecular flexibility index (Phi) is 6.35. The summed E-state index contributed by atoms with van der Waals surface area (Å²) in [6, 6.07) is 3.43. The molecule has 1 aliphatic rings. The van der Waals surface area contributed by atoms with Crippen LogP contribution in [0.25, 0.3) is 0 Å². The van der Waals surface area contributed by atoms with Gasteiger partial charge in [-0.3, -0.25) is 14.9 Å². The van der Waals surface area contributed by atoms with Crippen LogP contribution in [-0.4, -0.2) is 40.6 Å². The molecule has 0 bridgehead atoms. The highest BCUT2D eigenvalue weighted by Gasteiger charge is 2.45. The zero-order valence-corrected chi connectivity index (χ0v) is 16.7. The molecular formula is C18H24N2O6S. The third-order valence-electron chi connectivity index (χ3n) is 4.16. The Hall–Kier alpha value is -2.29. The number of hydrogen-bond donors (Lipinski definition) is 1. The van der Waals surface area contributed by atoms with Crippen molar-refractivity contribution in [2.45, 2.75) is 50.7 Å². The molecule has 1 aromatic rings. The largest absolute Gasteiger partial charge is 0.466 e. The Morgan fingerprint density at radius 2 is 2.04 bits per heavy atom. The van der Waals surface area contributed by atoms with E-state index in [-0.39, 0.29) is 18.8 Å². The van der Waals surface area contributed by atoms with Gasteiger partial charge in [0.25, 0.3) is 5.69 Å². The molecule has 1 aromatic carbocycles. The maximum Gasteiger partial charge on any atom is 0.410 e. The summed E-state index contributed by atoms with van der Waals surface area (Å²) in [6.07, 6.45) is -0.211. The summed E-state index contributed by atoms with van der Waals surface area (Å²) in [5.41, 5.74) is -0.425. The Morgan fingerprint density at radius 1 is 1.37 bits per heavy atom. The number of thiol groups is 1. The quantitative estimate of drug-likeness (QED) is 0.360. The molecule has 1 fully saturated rings. The minimum Gasteiger partial charge on any atom is -0.466 e. The lowest BCUT2D eigenvalue weighted by molar-refractivity contribution is -0.385. The zero-order valence-electron chi connectivity index (χ0n) is 15.8. The fourth-order valence-corrected chi connectivity index (χ4v) is 3.36. The molecule has 1 amide bonds. The van der Waals surface area contributed by atoms with E-state index in [1.54, 1.807) is 27.7 Å². The van der Waals surface area contributed by atoms with E-state index in [1.165, 1.54) is 23.1 Å². The lowest BCUT2D eigenvalue weighted by Gasteiger charge is -2.31. The molecule has 0 aromatic heterocycles. The van der Waals surface area contributed by atoms with Crippen molar-refractivity contribution < 1.29 is 24.0 Å². The predicted octanol–water partition coefficient (Wildman–Crippen LogP) is 3.74. The number of hydrogen-bond acceptors (Lipinski definition) is 7. The summed E-state index contributed by atoms with van der Waals surface area (Å²) in [6.45, 7) is 7.42. The lowest BCUT2D eigenvalue weighted by atomic mass is 9.93. The van der Waals surface area contributed by atoms with Gasteiger partial charge in [0.15, 0.2) is 0 Å². The van der Waals surface area contributed by atoms with Crippen molar-refractivity contribution in [2.75, 3.05) is 13.2 Å². The van der Waals surface area contributed by atoms with Crippen molar-refractivity contribution in [3.63, 3.8) is 0 Å². The number of nitro groups is 1. The van der Waals surface area contributed by atoms with Gasteiger partial charge in [0.2, 0.25) is 0 Å². The molecule has 0 N–H and O–H groups in total. The van der Waals surface area contributed by atoms with Gasteiger partial charge in [-0.15, -0.1) is 12.6 Å². The Bertz CT molecular complexity index is 746. The fraction of sp³-hybridized carbons (Fsp3) is 0.556. The first-order chi connectivity index (χ1) is 12.5. The fourth-order valence-electron chi connectivity index (χ4n) is 3.09. The first-order valence-corrected chi connectivity index (χ1v) is 9.13. The van der Waals surface area contributed by atoms with Crippen molar-refractivity contribution in [1.29, 1.82) is 0 Å². The molecular weight excluding hydrogens is 372 g/mol. The Labute approximate surface area is 163 Å². The van der Waals surface area contributed by atoms with Crippen LogP contribution in [0.3, 0.4) is 0 Å². The van der Waals surface area contributed by atoms with Gasteiger partial charge in [-0.25, -0.2) is 4.79 Å². The smallest absolute Gasteiger partial charge is 0.410 e. The van der Waals surface area contributed by atoms with E-state index in [4.69, 9.17) is 9.47 Å². The molecule has 2 rings (SSSR count). The zero-order chi connectivity index (χ0) is 20.4. The maximum atomic E-state index is 12.7. The van der Waals surface area contributed by atoms with E-state index >= 15 is 0 Å². The molecule has 1 saturated heterocycles. The highest BCUT2D eigenvalue weighted by atomic mass is 32.1. The average molecular weight is 396 g/mol. The van der Waals surface area contributed by atoms with Gasteiger partial charge < -0.3 is 14.4 Å². The molecule has 27 heavy (non-hydrogen) atoms. The number of nitrogens with zero attached hydrogens (tertiary/aromatic N) is 2. The Morgan fingerprint density at radius 3 is 2.59 bits per heavy atom. The topological polar surface area (TPSA) is 99.0 Å². The van der Waals surface area contributed by atoms with Gasteiger partial charge in [0.1, 0.15) is 5.60 Å². The van der Waals surface area contributed by atoms with Gasteiger partial charge in [0, 0.05) is 23.6 Å². The number of nitro benzene ring substituents is 1. The normalized spacial score (nSPS) is 19.7. The monoisotopic (exact) mass is 396 g/mol. The van der Waals surface area contributed by atoms with Crippen LogP contribution >= 0.6 is 12.6 Å². The SMILES string of the molecule is CCOC(=O)[C@H]1CCN(C(=O)OC(C)(C)C)C1c1cc([N+](=O)[O-])ccc1S. The van der Waals surface area contributed by atoms with Crippen LogP contribution in [-0.2, 0) is 14.3 Å². The van der Waals surface area contributed by atoms with Gasteiger partial charge in [-0.1, -0.05) is 0 Å². The van der Waals surface area contributed by atoms with Crippen molar-refractivity contribution in [3.05, 3.63) is 33.9 Å². The molecule has 148 valence electrons.